The fourth-order valence-corrected chi connectivity index (χ4v) is 1.25. The third-order valence-electron chi connectivity index (χ3n) is 2.06. The zero-order valence-electron chi connectivity index (χ0n) is 8.96. The first-order valence-electron chi connectivity index (χ1n) is 4.88. The molecule has 5 heteroatoms. The number of aliphatic hydroxyl groups excluding tert-OH is 1. The lowest BCUT2D eigenvalue weighted by Gasteiger charge is -2.12. The molecule has 0 aromatic heterocycles. The molecule has 1 aromatic rings. The van der Waals surface area contributed by atoms with Crippen LogP contribution in [0.3, 0.4) is 0 Å². The van der Waals surface area contributed by atoms with Crippen LogP contribution in [0, 0.1) is 10.1 Å². The highest BCUT2D eigenvalue weighted by Gasteiger charge is 2.06. The number of nitrogens with one attached hydrogen (secondary N) is 1. The number of aliphatic hydroxyl groups is 1. The summed E-state index contributed by atoms with van der Waals surface area (Å²) < 4.78 is 0. The predicted molar refractivity (Wildman–Crippen MR) is 60.2 cm³/mol. The number of nitro groups is 1. The summed E-state index contributed by atoms with van der Waals surface area (Å²) in [6.45, 7) is 1.83. The van der Waals surface area contributed by atoms with E-state index in [4.69, 9.17) is 0 Å². The van der Waals surface area contributed by atoms with Gasteiger partial charge in [0.2, 0.25) is 0 Å². The van der Waals surface area contributed by atoms with Crippen molar-refractivity contribution in [1.82, 2.24) is 5.32 Å². The molecule has 16 heavy (non-hydrogen) atoms. The third-order valence-corrected chi connectivity index (χ3v) is 2.06. The van der Waals surface area contributed by atoms with Crippen molar-refractivity contribution in [2.45, 2.75) is 13.0 Å². The van der Waals surface area contributed by atoms with Gasteiger partial charge in [0.25, 0.3) is 6.20 Å². The van der Waals surface area contributed by atoms with E-state index < -0.39 is 11.0 Å². The van der Waals surface area contributed by atoms with E-state index in [1.165, 1.54) is 0 Å². The second-order valence-corrected chi connectivity index (χ2v) is 3.40. The topological polar surface area (TPSA) is 75.4 Å². The van der Waals surface area contributed by atoms with E-state index in [0.717, 1.165) is 11.8 Å². The highest BCUT2D eigenvalue weighted by molar-refractivity contribution is 5.17. The normalized spacial score (nSPS) is 13.2. The van der Waals surface area contributed by atoms with Crippen LogP contribution in [0.1, 0.15) is 18.6 Å². The summed E-state index contributed by atoms with van der Waals surface area (Å²) in [5.41, 5.74) is 1.20. The lowest BCUT2D eigenvalue weighted by molar-refractivity contribution is -0.403. The molecule has 1 aromatic carbocycles. The predicted octanol–water partition coefficient (Wildman–Crippen LogP) is 1.45. The van der Waals surface area contributed by atoms with E-state index in [9.17, 15) is 15.2 Å². The van der Waals surface area contributed by atoms with Crippen LogP contribution < -0.4 is 5.32 Å². The lowest BCUT2D eigenvalue weighted by atomic mass is 10.1. The monoisotopic (exact) mass is 222 g/mol. The fraction of sp³-hybridized carbons (Fsp3) is 0.273. The van der Waals surface area contributed by atoms with Crippen molar-refractivity contribution in [3.8, 4) is 0 Å². The number of nitrogens with zero attached hydrogens (tertiary/aromatic N) is 1. The van der Waals surface area contributed by atoms with Crippen molar-refractivity contribution >= 4 is 0 Å². The van der Waals surface area contributed by atoms with Crippen molar-refractivity contribution in [2.24, 2.45) is 0 Å². The van der Waals surface area contributed by atoms with Gasteiger partial charge in [-0.15, -0.1) is 0 Å². The van der Waals surface area contributed by atoms with Crippen molar-refractivity contribution in [3.05, 3.63) is 57.9 Å². The molecule has 0 aliphatic heterocycles. The number of allylic oxidation sites excluding steroid dienone is 1. The first kappa shape index (κ1) is 12.2. The molecule has 0 radical (unpaired) electrons. The Kier molecular flexibility index (Phi) is 4.47. The van der Waals surface area contributed by atoms with Crippen molar-refractivity contribution < 1.29 is 10.0 Å². The molecular weight excluding hydrogens is 208 g/mol. The molecule has 1 atom stereocenters. The fourth-order valence-electron chi connectivity index (χ4n) is 1.25. The van der Waals surface area contributed by atoms with E-state index in [1.807, 2.05) is 18.2 Å². The molecule has 0 saturated carbocycles. The summed E-state index contributed by atoms with van der Waals surface area (Å²) in [6, 6.07) is 9.13. The maximum atomic E-state index is 10.2. The molecule has 1 rings (SSSR count). The molecule has 0 bridgehead atoms. The van der Waals surface area contributed by atoms with Crippen molar-refractivity contribution in [1.29, 1.82) is 0 Å². The first-order valence-corrected chi connectivity index (χ1v) is 4.88. The molecule has 2 N–H and O–H groups in total. The summed E-state index contributed by atoms with van der Waals surface area (Å²) in [5, 5.41) is 22.7. The van der Waals surface area contributed by atoms with Gasteiger partial charge in [0, 0.05) is 6.54 Å². The van der Waals surface area contributed by atoms with Gasteiger partial charge in [-0.3, -0.25) is 10.1 Å². The maximum Gasteiger partial charge on any atom is 0.252 e. The Balaban J connectivity index is 2.48. The Morgan fingerprint density at radius 1 is 1.56 bits per heavy atom. The van der Waals surface area contributed by atoms with Crippen molar-refractivity contribution in [2.75, 3.05) is 6.54 Å². The molecule has 86 valence electrons. The van der Waals surface area contributed by atoms with Gasteiger partial charge >= 0.3 is 0 Å². The highest BCUT2D eigenvalue weighted by Crippen LogP contribution is 2.10. The van der Waals surface area contributed by atoms with Crippen LogP contribution in [0.4, 0.5) is 0 Å². The zero-order valence-corrected chi connectivity index (χ0v) is 8.96. The smallest absolute Gasteiger partial charge is 0.252 e. The molecule has 1 unspecified atom stereocenters. The summed E-state index contributed by atoms with van der Waals surface area (Å²) in [6.07, 6.45) is 0.203. The summed E-state index contributed by atoms with van der Waals surface area (Å²) in [4.78, 5) is 9.62. The average molecular weight is 222 g/mol. The van der Waals surface area contributed by atoms with Crippen LogP contribution in [0.15, 0.2) is 42.2 Å². The van der Waals surface area contributed by atoms with Crippen LogP contribution in [-0.4, -0.2) is 16.6 Å². The Labute approximate surface area is 93.6 Å². The quantitative estimate of drug-likeness (QED) is 0.584. The molecular formula is C11H14N2O3. The molecule has 0 aliphatic rings. The molecule has 5 nitrogen and oxygen atoms in total. The summed E-state index contributed by atoms with van der Waals surface area (Å²) in [7, 11) is 0. The summed E-state index contributed by atoms with van der Waals surface area (Å²) >= 11 is 0. The van der Waals surface area contributed by atoms with Crippen LogP contribution in [0.25, 0.3) is 0 Å². The standard InChI is InChI=1S/C11H14N2O3/c1-9(8-13(15)16)12-7-11(14)10-5-3-2-4-6-10/h2-6,8,11-12,14H,7H2,1H3/b9-8+. The molecule has 0 aliphatic carbocycles. The molecule has 0 fully saturated rings. The minimum Gasteiger partial charge on any atom is -0.387 e. The molecule has 0 heterocycles. The summed E-state index contributed by atoms with van der Waals surface area (Å²) in [5.74, 6) is 0. The van der Waals surface area contributed by atoms with E-state index in [0.29, 0.717) is 5.70 Å². The Hall–Kier alpha value is -1.88. The van der Waals surface area contributed by atoms with Gasteiger partial charge in [-0.05, 0) is 12.5 Å². The van der Waals surface area contributed by atoms with E-state index in [1.54, 1.807) is 19.1 Å². The van der Waals surface area contributed by atoms with Gasteiger partial charge in [-0.2, -0.15) is 0 Å². The van der Waals surface area contributed by atoms with Crippen molar-refractivity contribution in [3.63, 3.8) is 0 Å². The second kappa shape index (κ2) is 5.87. The van der Waals surface area contributed by atoms with E-state index >= 15 is 0 Å². The Bertz CT molecular complexity index is 376. The van der Waals surface area contributed by atoms with Crippen LogP contribution >= 0.6 is 0 Å². The van der Waals surface area contributed by atoms with Crippen LogP contribution in [-0.2, 0) is 0 Å². The van der Waals surface area contributed by atoms with Gasteiger partial charge in [-0.25, -0.2) is 0 Å². The van der Waals surface area contributed by atoms with E-state index in [-0.39, 0.29) is 6.54 Å². The number of hydrogen-bond donors (Lipinski definition) is 2. The molecule has 0 saturated heterocycles. The largest absolute Gasteiger partial charge is 0.387 e. The third kappa shape index (κ3) is 4.10. The maximum absolute atomic E-state index is 10.2. The van der Waals surface area contributed by atoms with Gasteiger partial charge in [-0.1, -0.05) is 30.3 Å². The van der Waals surface area contributed by atoms with Gasteiger partial charge in [0.1, 0.15) is 0 Å². The lowest BCUT2D eigenvalue weighted by Crippen LogP contribution is -2.20. The van der Waals surface area contributed by atoms with Gasteiger partial charge in [0.15, 0.2) is 0 Å². The number of benzene rings is 1. The molecule has 0 spiro atoms. The van der Waals surface area contributed by atoms with Crippen LogP contribution in [0.2, 0.25) is 0 Å². The zero-order chi connectivity index (χ0) is 12.0. The minimum atomic E-state index is -0.670. The van der Waals surface area contributed by atoms with E-state index in [2.05, 4.69) is 5.32 Å². The van der Waals surface area contributed by atoms with Crippen LogP contribution in [0.5, 0.6) is 0 Å². The number of hydrogen-bond acceptors (Lipinski definition) is 4. The first-order chi connectivity index (χ1) is 7.59. The minimum absolute atomic E-state index is 0.250. The highest BCUT2D eigenvalue weighted by atomic mass is 16.6. The Morgan fingerprint density at radius 2 is 2.19 bits per heavy atom. The molecule has 0 amide bonds. The van der Waals surface area contributed by atoms with Gasteiger partial charge in [0.05, 0.1) is 16.7 Å². The average Bonchev–Trinajstić information content (AvgIpc) is 2.26. The second-order valence-electron chi connectivity index (χ2n) is 3.40. The number of rotatable bonds is 5. The Morgan fingerprint density at radius 3 is 2.75 bits per heavy atom. The SMILES string of the molecule is C/C(=C\[N+](=O)[O-])NCC(O)c1ccccc1. The van der Waals surface area contributed by atoms with Gasteiger partial charge < -0.3 is 10.4 Å².